The van der Waals surface area contributed by atoms with E-state index in [9.17, 15) is 0 Å². The van der Waals surface area contributed by atoms with Crippen LogP contribution in [0.25, 0.3) is 0 Å². The van der Waals surface area contributed by atoms with Crippen molar-refractivity contribution in [3.63, 3.8) is 0 Å². The van der Waals surface area contributed by atoms with Gasteiger partial charge < -0.3 is 0 Å². The van der Waals surface area contributed by atoms with E-state index in [4.69, 9.17) is 0 Å². The van der Waals surface area contributed by atoms with Crippen LogP contribution in [-0.2, 0) is 0 Å². The average molecular weight is 226 g/mol. The Hall–Kier alpha value is -0.370. The number of rotatable bonds is 1. The van der Waals surface area contributed by atoms with Gasteiger partial charge in [-0.25, -0.2) is 0 Å². The average Bonchev–Trinajstić information content (AvgIpc) is 2.57. The maximum absolute atomic E-state index is 4.07. The molecule has 0 N–H and O–H groups in total. The van der Waals surface area contributed by atoms with Crippen LogP contribution in [0.2, 0.25) is 0 Å². The van der Waals surface area contributed by atoms with Crippen LogP contribution in [-0.4, -0.2) is 4.98 Å². The third-order valence-electron chi connectivity index (χ3n) is 2.60. The summed E-state index contributed by atoms with van der Waals surface area (Å²) < 4.78 is 1.18. The van der Waals surface area contributed by atoms with Gasteiger partial charge in [0.1, 0.15) is 0 Å². The predicted molar refractivity (Wildman–Crippen MR) is 53.1 cm³/mol. The molecule has 0 bridgehead atoms. The molecular weight excluding hydrogens is 214 g/mol. The first-order chi connectivity index (χ1) is 5.88. The molecule has 2 heteroatoms. The summed E-state index contributed by atoms with van der Waals surface area (Å²) in [5.41, 5.74) is 1.45. The minimum absolute atomic E-state index is 0.780. The molecule has 1 heterocycles. The number of halogens is 1. The van der Waals surface area contributed by atoms with Crippen molar-refractivity contribution in [3.8, 4) is 0 Å². The summed E-state index contributed by atoms with van der Waals surface area (Å²) in [6, 6.07) is 2.14. The molecule has 0 spiro atoms. The molecule has 0 saturated heterocycles. The van der Waals surface area contributed by atoms with E-state index in [0.717, 1.165) is 5.92 Å². The molecule has 1 aliphatic carbocycles. The summed E-state index contributed by atoms with van der Waals surface area (Å²) in [5.74, 6) is 0.780. The quantitative estimate of drug-likeness (QED) is 0.714. The Labute approximate surface area is 81.3 Å². The highest BCUT2D eigenvalue weighted by molar-refractivity contribution is 9.10. The van der Waals surface area contributed by atoms with Crippen LogP contribution in [0.15, 0.2) is 22.9 Å². The van der Waals surface area contributed by atoms with Gasteiger partial charge in [0, 0.05) is 16.9 Å². The van der Waals surface area contributed by atoms with Crippen molar-refractivity contribution in [2.75, 3.05) is 0 Å². The molecule has 0 aliphatic heterocycles. The van der Waals surface area contributed by atoms with Crippen molar-refractivity contribution in [1.29, 1.82) is 0 Å². The van der Waals surface area contributed by atoms with E-state index < -0.39 is 0 Å². The van der Waals surface area contributed by atoms with E-state index in [-0.39, 0.29) is 0 Å². The Kier molecular flexibility index (Phi) is 2.45. The first-order valence-electron chi connectivity index (χ1n) is 4.47. The molecule has 1 saturated carbocycles. The van der Waals surface area contributed by atoms with Crippen LogP contribution in [0.5, 0.6) is 0 Å². The van der Waals surface area contributed by atoms with E-state index >= 15 is 0 Å². The zero-order chi connectivity index (χ0) is 8.39. The van der Waals surface area contributed by atoms with Crippen LogP contribution in [0.1, 0.15) is 37.2 Å². The molecule has 0 radical (unpaired) electrons. The Morgan fingerprint density at radius 1 is 1.33 bits per heavy atom. The van der Waals surface area contributed by atoms with Gasteiger partial charge in [0.05, 0.1) is 0 Å². The fourth-order valence-electron chi connectivity index (χ4n) is 1.95. The molecule has 2 rings (SSSR count). The molecule has 1 aromatic rings. The van der Waals surface area contributed by atoms with E-state index in [1.807, 2.05) is 12.4 Å². The number of hydrogen-bond donors (Lipinski definition) is 0. The number of nitrogens with zero attached hydrogens (tertiary/aromatic N) is 1. The SMILES string of the molecule is Brc1cnccc1C1CCCC1. The molecule has 0 unspecified atom stereocenters. The van der Waals surface area contributed by atoms with E-state index in [1.54, 1.807) is 0 Å². The second-order valence-electron chi connectivity index (χ2n) is 3.38. The number of pyridine rings is 1. The summed E-state index contributed by atoms with van der Waals surface area (Å²) in [4.78, 5) is 4.07. The minimum atomic E-state index is 0.780. The molecule has 1 aromatic heterocycles. The van der Waals surface area contributed by atoms with Crippen LogP contribution < -0.4 is 0 Å². The third kappa shape index (κ3) is 1.53. The Morgan fingerprint density at radius 2 is 2.08 bits per heavy atom. The Morgan fingerprint density at radius 3 is 2.75 bits per heavy atom. The summed E-state index contributed by atoms with van der Waals surface area (Å²) >= 11 is 3.54. The highest BCUT2D eigenvalue weighted by Crippen LogP contribution is 2.36. The smallest absolute Gasteiger partial charge is 0.0413 e. The molecule has 64 valence electrons. The monoisotopic (exact) mass is 225 g/mol. The topological polar surface area (TPSA) is 12.9 Å². The second kappa shape index (κ2) is 3.56. The molecule has 0 amide bonds. The highest BCUT2D eigenvalue weighted by atomic mass is 79.9. The van der Waals surface area contributed by atoms with Gasteiger partial charge >= 0.3 is 0 Å². The zero-order valence-electron chi connectivity index (χ0n) is 6.96. The predicted octanol–water partition coefficient (Wildman–Crippen LogP) is 3.50. The lowest BCUT2D eigenvalue weighted by Gasteiger charge is -2.10. The molecule has 0 atom stereocenters. The van der Waals surface area contributed by atoms with Crippen LogP contribution in [0.3, 0.4) is 0 Å². The molecule has 1 fully saturated rings. The first kappa shape index (κ1) is 8.24. The van der Waals surface area contributed by atoms with Crippen molar-refractivity contribution >= 4 is 15.9 Å². The Bertz CT molecular complexity index is 266. The van der Waals surface area contributed by atoms with Crippen molar-refractivity contribution in [3.05, 3.63) is 28.5 Å². The van der Waals surface area contributed by atoms with Crippen molar-refractivity contribution in [1.82, 2.24) is 4.98 Å². The van der Waals surface area contributed by atoms with E-state index in [2.05, 4.69) is 27.0 Å². The van der Waals surface area contributed by atoms with Gasteiger partial charge in [0.2, 0.25) is 0 Å². The minimum Gasteiger partial charge on any atom is -0.264 e. The molecule has 1 aliphatic rings. The van der Waals surface area contributed by atoms with Crippen molar-refractivity contribution in [2.24, 2.45) is 0 Å². The lowest BCUT2D eigenvalue weighted by Crippen LogP contribution is -1.93. The summed E-state index contributed by atoms with van der Waals surface area (Å²) in [7, 11) is 0. The molecule has 12 heavy (non-hydrogen) atoms. The first-order valence-corrected chi connectivity index (χ1v) is 5.26. The third-order valence-corrected chi connectivity index (χ3v) is 3.26. The number of hydrogen-bond acceptors (Lipinski definition) is 1. The second-order valence-corrected chi connectivity index (χ2v) is 4.23. The normalized spacial score (nSPS) is 18.4. The van der Waals surface area contributed by atoms with Gasteiger partial charge in [0.15, 0.2) is 0 Å². The van der Waals surface area contributed by atoms with Crippen molar-refractivity contribution < 1.29 is 0 Å². The lowest BCUT2D eigenvalue weighted by atomic mass is 9.99. The van der Waals surface area contributed by atoms with Crippen molar-refractivity contribution in [2.45, 2.75) is 31.6 Å². The van der Waals surface area contributed by atoms with Gasteiger partial charge in [-0.1, -0.05) is 12.8 Å². The molecular formula is C10H12BrN. The number of aromatic nitrogens is 1. The largest absolute Gasteiger partial charge is 0.264 e. The summed E-state index contributed by atoms with van der Waals surface area (Å²) in [5, 5.41) is 0. The van der Waals surface area contributed by atoms with Crippen LogP contribution in [0.4, 0.5) is 0 Å². The maximum Gasteiger partial charge on any atom is 0.0413 e. The Balaban J connectivity index is 2.26. The zero-order valence-corrected chi connectivity index (χ0v) is 8.55. The van der Waals surface area contributed by atoms with Crippen LogP contribution >= 0.6 is 15.9 Å². The lowest BCUT2D eigenvalue weighted by molar-refractivity contribution is 0.718. The van der Waals surface area contributed by atoms with Gasteiger partial charge in [0.25, 0.3) is 0 Å². The maximum atomic E-state index is 4.07. The standard InChI is InChI=1S/C10H12BrN/c11-10-7-12-6-5-9(10)8-3-1-2-4-8/h5-8H,1-4H2. The van der Waals surface area contributed by atoms with E-state index in [1.165, 1.54) is 35.7 Å². The fourth-order valence-corrected chi connectivity index (χ4v) is 2.53. The van der Waals surface area contributed by atoms with Crippen LogP contribution in [0, 0.1) is 0 Å². The van der Waals surface area contributed by atoms with Gasteiger partial charge in [-0.2, -0.15) is 0 Å². The van der Waals surface area contributed by atoms with Gasteiger partial charge in [-0.05, 0) is 46.3 Å². The van der Waals surface area contributed by atoms with Gasteiger partial charge in [-0.15, -0.1) is 0 Å². The van der Waals surface area contributed by atoms with E-state index in [0.29, 0.717) is 0 Å². The summed E-state index contributed by atoms with van der Waals surface area (Å²) in [6.45, 7) is 0. The highest BCUT2D eigenvalue weighted by Gasteiger charge is 2.18. The summed E-state index contributed by atoms with van der Waals surface area (Å²) in [6.07, 6.45) is 9.26. The fraction of sp³-hybridized carbons (Fsp3) is 0.500. The molecule has 1 nitrogen and oxygen atoms in total. The van der Waals surface area contributed by atoms with Gasteiger partial charge in [-0.3, -0.25) is 4.98 Å². The molecule has 0 aromatic carbocycles.